The molecule has 1 atom stereocenters. The maximum absolute atomic E-state index is 12.1. The summed E-state index contributed by atoms with van der Waals surface area (Å²) in [5.74, 6) is -0.625. The van der Waals surface area contributed by atoms with Gasteiger partial charge in [-0.05, 0) is 30.0 Å². The van der Waals surface area contributed by atoms with Crippen LogP contribution in [0.2, 0.25) is 0 Å². The van der Waals surface area contributed by atoms with E-state index in [0.29, 0.717) is 12.4 Å². The number of ether oxygens (including phenoxy) is 2. The molecule has 1 aliphatic heterocycles. The minimum Gasteiger partial charge on any atom is -0.483 e. The fraction of sp³-hybridized carbons (Fsp3) is 0.529. The van der Waals surface area contributed by atoms with Crippen LogP contribution in [0.1, 0.15) is 37.3 Å². The highest BCUT2D eigenvalue weighted by atomic mass is 16.5. The van der Waals surface area contributed by atoms with Crippen LogP contribution >= 0.6 is 0 Å². The highest BCUT2D eigenvalue weighted by Gasteiger charge is 2.43. The average Bonchev–Trinajstić information content (AvgIpc) is 2.94. The highest BCUT2D eigenvalue weighted by Crippen LogP contribution is 2.27. The molecular formula is C17H23NO5. The predicted molar refractivity (Wildman–Crippen MR) is 84.7 cm³/mol. The molecule has 2 N–H and O–H groups in total. The first-order valence-corrected chi connectivity index (χ1v) is 7.69. The molecule has 126 valence electrons. The van der Waals surface area contributed by atoms with Gasteiger partial charge in [0.15, 0.2) is 12.1 Å². The molecule has 1 unspecified atom stereocenters. The maximum Gasteiger partial charge on any atom is 0.331 e. The molecule has 1 fully saturated rings. The molecule has 1 saturated heterocycles. The second kappa shape index (κ2) is 7.00. The summed E-state index contributed by atoms with van der Waals surface area (Å²) in [7, 11) is 0. The minimum atomic E-state index is -1.34. The number of carbonyl (C=O) groups is 2. The number of benzene rings is 1. The van der Waals surface area contributed by atoms with Crippen molar-refractivity contribution in [2.45, 2.75) is 38.6 Å². The Kier molecular flexibility index (Phi) is 5.26. The van der Waals surface area contributed by atoms with Crippen LogP contribution in [0.25, 0.3) is 0 Å². The van der Waals surface area contributed by atoms with E-state index in [1.807, 2.05) is 39.0 Å². The van der Waals surface area contributed by atoms with Gasteiger partial charge in [0.05, 0.1) is 6.61 Å². The number of hydrogen-bond acceptors (Lipinski definition) is 4. The van der Waals surface area contributed by atoms with Crippen LogP contribution in [0.4, 0.5) is 0 Å². The zero-order valence-electron chi connectivity index (χ0n) is 13.7. The molecule has 1 amide bonds. The van der Waals surface area contributed by atoms with E-state index in [9.17, 15) is 14.7 Å². The Morgan fingerprint density at radius 2 is 2.17 bits per heavy atom. The summed E-state index contributed by atoms with van der Waals surface area (Å²) in [6.07, 6.45) is 0.260. The smallest absolute Gasteiger partial charge is 0.331 e. The van der Waals surface area contributed by atoms with Crippen molar-refractivity contribution in [1.29, 1.82) is 0 Å². The molecule has 0 aliphatic carbocycles. The number of nitrogens with one attached hydrogen (secondary N) is 1. The van der Waals surface area contributed by atoms with E-state index in [4.69, 9.17) is 9.47 Å². The van der Waals surface area contributed by atoms with E-state index < -0.39 is 17.4 Å². The number of rotatable bonds is 6. The standard InChI is InChI=1S/C17H23NO5/c1-11(2)13-5-4-12(3)8-14(13)23-9-15(19)18-17(16(20)21)6-7-22-10-17/h4-5,8,11H,6-7,9-10H2,1-3H3,(H,18,19)(H,20,21). The van der Waals surface area contributed by atoms with E-state index in [-0.39, 0.29) is 25.6 Å². The quantitative estimate of drug-likeness (QED) is 0.835. The van der Waals surface area contributed by atoms with Gasteiger partial charge in [0.25, 0.3) is 5.91 Å². The second-order valence-corrected chi connectivity index (χ2v) is 6.22. The number of aliphatic carboxylic acids is 1. The number of amides is 1. The van der Waals surface area contributed by atoms with Crippen LogP contribution in [0.3, 0.4) is 0 Å². The molecule has 6 heteroatoms. The van der Waals surface area contributed by atoms with Gasteiger partial charge in [-0.2, -0.15) is 0 Å². The first kappa shape index (κ1) is 17.3. The van der Waals surface area contributed by atoms with Gasteiger partial charge in [-0.1, -0.05) is 26.0 Å². The van der Waals surface area contributed by atoms with Crippen LogP contribution in [0.15, 0.2) is 18.2 Å². The maximum atomic E-state index is 12.1. The molecule has 0 bridgehead atoms. The molecule has 0 spiro atoms. The van der Waals surface area contributed by atoms with E-state index >= 15 is 0 Å². The van der Waals surface area contributed by atoms with Crippen LogP contribution in [-0.4, -0.2) is 42.3 Å². The van der Waals surface area contributed by atoms with Gasteiger partial charge in [-0.25, -0.2) is 4.79 Å². The van der Waals surface area contributed by atoms with E-state index in [1.54, 1.807) is 0 Å². The molecular weight excluding hydrogens is 298 g/mol. The van der Waals surface area contributed by atoms with Gasteiger partial charge >= 0.3 is 5.97 Å². The summed E-state index contributed by atoms with van der Waals surface area (Å²) in [5, 5.41) is 11.9. The van der Waals surface area contributed by atoms with Gasteiger partial charge in [0.2, 0.25) is 0 Å². The van der Waals surface area contributed by atoms with Gasteiger partial charge in [0.1, 0.15) is 5.75 Å². The number of carboxylic acids is 1. The lowest BCUT2D eigenvalue weighted by molar-refractivity contribution is -0.148. The molecule has 0 aromatic heterocycles. The largest absolute Gasteiger partial charge is 0.483 e. The fourth-order valence-electron chi connectivity index (χ4n) is 2.58. The number of aryl methyl sites for hydroxylation is 1. The minimum absolute atomic E-state index is 0.0181. The predicted octanol–water partition coefficient (Wildman–Crippen LogP) is 1.86. The fourth-order valence-corrected chi connectivity index (χ4v) is 2.58. The third-order valence-electron chi connectivity index (χ3n) is 3.96. The van der Waals surface area contributed by atoms with Crippen molar-refractivity contribution < 1.29 is 24.2 Å². The monoisotopic (exact) mass is 321 g/mol. The normalized spacial score (nSPS) is 20.5. The topological polar surface area (TPSA) is 84.9 Å². The lowest BCUT2D eigenvalue weighted by Gasteiger charge is -2.24. The molecule has 1 aromatic rings. The molecule has 0 saturated carbocycles. The molecule has 1 aliphatic rings. The lowest BCUT2D eigenvalue weighted by Crippen LogP contribution is -2.56. The lowest BCUT2D eigenvalue weighted by atomic mass is 9.99. The van der Waals surface area contributed by atoms with Crippen molar-refractivity contribution in [3.63, 3.8) is 0 Å². The molecule has 1 aromatic carbocycles. The Labute approximate surface area is 135 Å². The summed E-state index contributed by atoms with van der Waals surface area (Å²) in [6, 6.07) is 5.86. The van der Waals surface area contributed by atoms with Crippen molar-refractivity contribution in [1.82, 2.24) is 5.32 Å². The van der Waals surface area contributed by atoms with Crippen molar-refractivity contribution in [2.75, 3.05) is 19.8 Å². The van der Waals surface area contributed by atoms with Crippen molar-refractivity contribution in [3.05, 3.63) is 29.3 Å². The average molecular weight is 321 g/mol. The molecule has 1 heterocycles. The van der Waals surface area contributed by atoms with E-state index in [0.717, 1.165) is 11.1 Å². The Morgan fingerprint density at radius 3 is 2.74 bits per heavy atom. The molecule has 0 radical (unpaired) electrons. The van der Waals surface area contributed by atoms with Crippen molar-refractivity contribution in [2.24, 2.45) is 0 Å². The summed E-state index contributed by atoms with van der Waals surface area (Å²) in [4.78, 5) is 23.5. The highest BCUT2D eigenvalue weighted by molar-refractivity contribution is 5.88. The van der Waals surface area contributed by atoms with Crippen LogP contribution < -0.4 is 10.1 Å². The Bertz CT molecular complexity index is 591. The van der Waals surface area contributed by atoms with Gasteiger partial charge < -0.3 is 19.9 Å². The summed E-state index contributed by atoms with van der Waals surface area (Å²) in [6.45, 7) is 6.13. The zero-order valence-corrected chi connectivity index (χ0v) is 13.7. The van der Waals surface area contributed by atoms with Crippen LogP contribution in [-0.2, 0) is 14.3 Å². The van der Waals surface area contributed by atoms with Crippen molar-refractivity contribution in [3.8, 4) is 5.75 Å². The third kappa shape index (κ3) is 4.01. The Balaban J connectivity index is 2.02. The molecule has 2 rings (SSSR count). The van der Waals surface area contributed by atoms with E-state index in [2.05, 4.69) is 5.32 Å². The number of hydrogen-bond donors (Lipinski definition) is 2. The SMILES string of the molecule is Cc1ccc(C(C)C)c(OCC(=O)NC2(C(=O)O)CCOC2)c1. The first-order chi connectivity index (χ1) is 10.8. The van der Waals surface area contributed by atoms with E-state index in [1.165, 1.54) is 0 Å². The van der Waals surface area contributed by atoms with Gasteiger partial charge in [0, 0.05) is 13.0 Å². The number of carbonyl (C=O) groups excluding carboxylic acids is 1. The van der Waals surface area contributed by atoms with Crippen molar-refractivity contribution >= 4 is 11.9 Å². The number of carboxylic acid groups (broad SMARTS) is 1. The second-order valence-electron chi connectivity index (χ2n) is 6.22. The molecule has 6 nitrogen and oxygen atoms in total. The van der Waals surface area contributed by atoms with Crippen LogP contribution in [0.5, 0.6) is 5.75 Å². The first-order valence-electron chi connectivity index (χ1n) is 7.69. The van der Waals surface area contributed by atoms with Gasteiger partial charge in [-0.15, -0.1) is 0 Å². The molecule has 23 heavy (non-hydrogen) atoms. The summed E-state index contributed by atoms with van der Waals surface area (Å²) in [5.41, 5.74) is 0.713. The third-order valence-corrected chi connectivity index (χ3v) is 3.96. The Morgan fingerprint density at radius 1 is 1.43 bits per heavy atom. The summed E-state index contributed by atoms with van der Waals surface area (Å²) < 4.78 is 10.7. The van der Waals surface area contributed by atoms with Gasteiger partial charge in [-0.3, -0.25) is 4.79 Å². The van der Waals surface area contributed by atoms with Crippen LogP contribution in [0, 0.1) is 6.92 Å². The summed E-state index contributed by atoms with van der Waals surface area (Å²) >= 11 is 0. The zero-order chi connectivity index (χ0) is 17.0. The Hall–Kier alpha value is -2.08.